The summed E-state index contributed by atoms with van der Waals surface area (Å²) >= 11 is 5.07. The van der Waals surface area contributed by atoms with E-state index in [4.69, 9.17) is 0 Å². The molecule has 3 aromatic carbocycles. The first-order valence-corrected chi connectivity index (χ1v) is 12.1. The number of rotatable bonds is 6. The van der Waals surface area contributed by atoms with Crippen molar-refractivity contribution in [2.24, 2.45) is 0 Å². The molecule has 144 valence electrons. The summed E-state index contributed by atoms with van der Waals surface area (Å²) < 4.78 is 23.7. The topological polar surface area (TPSA) is 63.2 Å². The van der Waals surface area contributed by atoms with Crippen molar-refractivity contribution >= 4 is 49.1 Å². The summed E-state index contributed by atoms with van der Waals surface area (Å²) in [6.07, 6.45) is 1.19. The minimum absolute atomic E-state index is 0.0353. The number of hydrogen-bond acceptors (Lipinski definition) is 4. The fourth-order valence-electron chi connectivity index (χ4n) is 2.50. The predicted molar refractivity (Wildman–Crippen MR) is 118 cm³/mol. The largest absolute Gasteiger partial charge is 0.322 e. The highest BCUT2D eigenvalue weighted by molar-refractivity contribution is 9.10. The maximum Gasteiger partial charge on any atom is 0.255 e. The first-order valence-electron chi connectivity index (χ1n) is 8.40. The molecule has 0 fully saturated rings. The van der Waals surface area contributed by atoms with E-state index in [-0.39, 0.29) is 11.7 Å². The third-order valence-electron chi connectivity index (χ3n) is 3.81. The van der Waals surface area contributed by atoms with Crippen molar-refractivity contribution in [2.45, 2.75) is 15.5 Å². The van der Waals surface area contributed by atoms with Gasteiger partial charge in [-0.15, -0.1) is 0 Å². The Labute approximate surface area is 177 Å². The van der Waals surface area contributed by atoms with E-state index in [1.165, 1.54) is 6.26 Å². The monoisotopic (exact) mass is 475 g/mol. The second-order valence-electron chi connectivity index (χ2n) is 6.30. The Hall–Kier alpha value is -2.09. The van der Waals surface area contributed by atoms with Crippen LogP contribution in [-0.2, 0) is 15.6 Å². The van der Waals surface area contributed by atoms with Crippen molar-refractivity contribution in [3.05, 3.63) is 88.4 Å². The van der Waals surface area contributed by atoms with Gasteiger partial charge in [-0.25, -0.2) is 8.42 Å². The van der Waals surface area contributed by atoms with Crippen LogP contribution in [0.15, 0.2) is 87.1 Å². The molecule has 3 aromatic rings. The van der Waals surface area contributed by atoms with Crippen LogP contribution in [0.1, 0.15) is 15.9 Å². The first kappa shape index (κ1) is 20.6. The van der Waals surface area contributed by atoms with E-state index in [0.717, 1.165) is 14.3 Å². The van der Waals surface area contributed by atoms with Gasteiger partial charge in [0.25, 0.3) is 5.91 Å². The van der Waals surface area contributed by atoms with Gasteiger partial charge in [-0.2, -0.15) is 0 Å². The van der Waals surface area contributed by atoms with Gasteiger partial charge in [-0.05, 0) is 66.2 Å². The normalized spacial score (nSPS) is 11.2. The van der Waals surface area contributed by atoms with E-state index in [2.05, 4.69) is 21.2 Å². The van der Waals surface area contributed by atoms with Gasteiger partial charge >= 0.3 is 0 Å². The van der Waals surface area contributed by atoms with Gasteiger partial charge < -0.3 is 5.32 Å². The van der Waals surface area contributed by atoms with Crippen LogP contribution < -0.4 is 5.32 Å². The average Bonchev–Trinajstić information content (AvgIpc) is 2.64. The van der Waals surface area contributed by atoms with Crippen LogP contribution >= 0.6 is 27.7 Å². The highest BCUT2D eigenvalue weighted by Crippen LogP contribution is 2.29. The van der Waals surface area contributed by atoms with Crippen molar-refractivity contribution in [3.63, 3.8) is 0 Å². The number of halogens is 1. The molecule has 0 aromatic heterocycles. The zero-order valence-electron chi connectivity index (χ0n) is 15.1. The Balaban J connectivity index is 1.61. The van der Waals surface area contributed by atoms with E-state index in [1.54, 1.807) is 36.0 Å². The minimum Gasteiger partial charge on any atom is -0.322 e. The van der Waals surface area contributed by atoms with Crippen molar-refractivity contribution < 1.29 is 13.2 Å². The summed E-state index contributed by atoms with van der Waals surface area (Å²) in [5, 5.41) is 2.85. The molecule has 0 unspecified atom stereocenters. The van der Waals surface area contributed by atoms with Crippen LogP contribution in [0.2, 0.25) is 0 Å². The van der Waals surface area contributed by atoms with Crippen LogP contribution in [-0.4, -0.2) is 20.6 Å². The van der Waals surface area contributed by atoms with Gasteiger partial charge in [-0.1, -0.05) is 39.8 Å². The molecule has 28 heavy (non-hydrogen) atoms. The van der Waals surface area contributed by atoms with Gasteiger partial charge in [0.2, 0.25) is 0 Å². The SMILES string of the molecule is CS(=O)(=O)Cc1ccc(C(=O)Nc2ccc(Sc3ccc(Br)cc3)cc2)cc1. The molecule has 1 N–H and O–H groups in total. The Morgan fingerprint density at radius 3 is 1.96 bits per heavy atom. The highest BCUT2D eigenvalue weighted by Gasteiger charge is 2.09. The summed E-state index contributed by atoms with van der Waals surface area (Å²) in [6, 6.07) is 22.3. The number of sulfone groups is 1. The van der Waals surface area contributed by atoms with Crippen LogP contribution in [0.5, 0.6) is 0 Å². The Morgan fingerprint density at radius 1 is 0.893 bits per heavy atom. The summed E-state index contributed by atoms with van der Waals surface area (Å²) in [5.41, 5.74) is 1.84. The van der Waals surface area contributed by atoms with Crippen molar-refractivity contribution in [1.29, 1.82) is 0 Å². The lowest BCUT2D eigenvalue weighted by Crippen LogP contribution is -2.12. The fourth-order valence-corrected chi connectivity index (χ4v) is 4.38. The van der Waals surface area contributed by atoms with Crippen molar-refractivity contribution in [1.82, 2.24) is 0 Å². The minimum atomic E-state index is -3.09. The maximum absolute atomic E-state index is 12.4. The fraction of sp³-hybridized carbons (Fsp3) is 0.0952. The molecule has 0 saturated heterocycles. The average molecular weight is 476 g/mol. The molecule has 0 aliphatic rings. The molecule has 4 nitrogen and oxygen atoms in total. The van der Waals surface area contributed by atoms with Gasteiger partial charge in [0.05, 0.1) is 5.75 Å². The molecule has 1 amide bonds. The molecular formula is C21H18BrNO3S2. The number of carbonyl (C=O) groups excluding carboxylic acids is 1. The molecular weight excluding hydrogens is 458 g/mol. The van der Waals surface area contributed by atoms with E-state index in [0.29, 0.717) is 16.8 Å². The molecule has 3 rings (SSSR count). The standard InChI is InChI=1S/C21H18BrNO3S2/c1-28(25,26)14-15-2-4-16(5-3-15)21(24)23-18-8-12-20(13-9-18)27-19-10-6-17(22)7-11-19/h2-13H,14H2,1H3,(H,23,24). The zero-order chi connectivity index (χ0) is 20.1. The second-order valence-corrected chi connectivity index (χ2v) is 10.5. The molecule has 0 radical (unpaired) electrons. The molecule has 0 bridgehead atoms. The summed E-state index contributed by atoms with van der Waals surface area (Å²) in [5.74, 6) is -0.272. The quantitative estimate of drug-likeness (QED) is 0.518. The lowest BCUT2D eigenvalue weighted by molar-refractivity contribution is 0.102. The number of carbonyl (C=O) groups is 1. The molecule has 0 aliphatic carbocycles. The molecule has 0 saturated carbocycles. The molecule has 0 aliphatic heterocycles. The number of amides is 1. The van der Waals surface area contributed by atoms with E-state index in [1.807, 2.05) is 48.5 Å². The molecule has 0 heterocycles. The first-order chi connectivity index (χ1) is 13.3. The summed E-state index contributed by atoms with van der Waals surface area (Å²) in [6.45, 7) is 0. The third kappa shape index (κ3) is 6.22. The Morgan fingerprint density at radius 2 is 1.43 bits per heavy atom. The number of anilines is 1. The molecule has 0 atom stereocenters. The molecule has 0 spiro atoms. The van der Waals surface area contributed by atoms with E-state index < -0.39 is 9.84 Å². The number of hydrogen-bond donors (Lipinski definition) is 1. The van der Waals surface area contributed by atoms with Crippen molar-refractivity contribution in [3.8, 4) is 0 Å². The summed E-state index contributed by atoms with van der Waals surface area (Å²) in [7, 11) is -3.09. The number of nitrogens with one attached hydrogen (secondary N) is 1. The van der Waals surface area contributed by atoms with Crippen LogP contribution in [0.25, 0.3) is 0 Å². The van der Waals surface area contributed by atoms with Crippen LogP contribution in [0.4, 0.5) is 5.69 Å². The molecule has 7 heteroatoms. The van der Waals surface area contributed by atoms with E-state index in [9.17, 15) is 13.2 Å². The lowest BCUT2D eigenvalue weighted by atomic mass is 10.1. The second kappa shape index (κ2) is 8.94. The van der Waals surface area contributed by atoms with Crippen LogP contribution in [0, 0.1) is 0 Å². The smallest absolute Gasteiger partial charge is 0.255 e. The Bertz CT molecular complexity index is 1060. The van der Waals surface area contributed by atoms with E-state index >= 15 is 0 Å². The van der Waals surface area contributed by atoms with Gasteiger partial charge in [0, 0.05) is 31.8 Å². The van der Waals surface area contributed by atoms with Gasteiger partial charge in [0.15, 0.2) is 9.84 Å². The Kier molecular flexibility index (Phi) is 6.59. The third-order valence-corrected chi connectivity index (χ3v) is 6.21. The van der Waals surface area contributed by atoms with Crippen LogP contribution in [0.3, 0.4) is 0 Å². The van der Waals surface area contributed by atoms with Crippen molar-refractivity contribution in [2.75, 3.05) is 11.6 Å². The van der Waals surface area contributed by atoms with Gasteiger partial charge in [0.1, 0.15) is 0 Å². The maximum atomic E-state index is 12.4. The predicted octanol–water partition coefficient (Wildman–Crippen LogP) is 5.40. The highest BCUT2D eigenvalue weighted by atomic mass is 79.9. The zero-order valence-corrected chi connectivity index (χ0v) is 18.3. The number of benzene rings is 3. The summed E-state index contributed by atoms with van der Waals surface area (Å²) in [4.78, 5) is 14.6. The lowest BCUT2D eigenvalue weighted by Gasteiger charge is -2.08. The van der Waals surface area contributed by atoms with Gasteiger partial charge in [-0.3, -0.25) is 4.79 Å².